The molecule has 0 unspecified atom stereocenters. The SMILES string of the molecule is CCc1ccc(CC(=O)N(Cc2ccccc2)c2nc3c(C)cccc3s2)cc1. The first kappa shape index (κ1) is 19.3. The number of carbonyl (C=O) groups is 1. The first-order valence-electron chi connectivity index (χ1n) is 9.92. The molecule has 1 aromatic heterocycles. The van der Waals surface area contributed by atoms with Gasteiger partial charge in [0.2, 0.25) is 5.91 Å². The summed E-state index contributed by atoms with van der Waals surface area (Å²) < 4.78 is 1.11. The van der Waals surface area contributed by atoms with E-state index in [0.717, 1.165) is 38.5 Å². The normalized spacial score (nSPS) is 11.0. The van der Waals surface area contributed by atoms with Crippen molar-refractivity contribution in [3.05, 3.63) is 95.1 Å². The Morgan fingerprint density at radius 3 is 2.31 bits per heavy atom. The Bertz CT molecular complexity index is 1120. The molecule has 3 nitrogen and oxygen atoms in total. The number of carbonyl (C=O) groups excluding carboxylic acids is 1. The first-order chi connectivity index (χ1) is 14.1. The van der Waals surface area contributed by atoms with E-state index >= 15 is 0 Å². The number of nitrogens with zero attached hydrogens (tertiary/aromatic N) is 2. The van der Waals surface area contributed by atoms with E-state index < -0.39 is 0 Å². The lowest BCUT2D eigenvalue weighted by Crippen LogP contribution is -2.31. The van der Waals surface area contributed by atoms with Crippen LogP contribution in [-0.4, -0.2) is 10.9 Å². The summed E-state index contributed by atoms with van der Waals surface area (Å²) in [5, 5.41) is 0.758. The van der Waals surface area contributed by atoms with Crippen LogP contribution in [0.15, 0.2) is 72.8 Å². The molecule has 0 N–H and O–H groups in total. The Hall–Kier alpha value is -2.98. The van der Waals surface area contributed by atoms with Gasteiger partial charge in [0.05, 0.1) is 23.2 Å². The van der Waals surface area contributed by atoms with Crippen molar-refractivity contribution < 1.29 is 4.79 Å². The van der Waals surface area contributed by atoms with Gasteiger partial charge >= 0.3 is 0 Å². The van der Waals surface area contributed by atoms with Crippen LogP contribution in [0, 0.1) is 6.92 Å². The predicted octanol–water partition coefficient (Wildman–Crippen LogP) is 5.94. The molecular formula is C25H24N2OS. The summed E-state index contributed by atoms with van der Waals surface area (Å²) in [4.78, 5) is 20.0. The van der Waals surface area contributed by atoms with Gasteiger partial charge in [0, 0.05) is 0 Å². The van der Waals surface area contributed by atoms with Gasteiger partial charge in [-0.05, 0) is 41.7 Å². The number of fused-ring (bicyclic) bond motifs is 1. The number of benzene rings is 3. The van der Waals surface area contributed by atoms with E-state index in [-0.39, 0.29) is 5.91 Å². The Kier molecular flexibility index (Phi) is 5.72. The lowest BCUT2D eigenvalue weighted by atomic mass is 10.1. The molecule has 0 saturated heterocycles. The molecule has 1 amide bonds. The van der Waals surface area contributed by atoms with Gasteiger partial charge in [0.15, 0.2) is 5.13 Å². The molecule has 1 heterocycles. The molecule has 0 bridgehead atoms. The number of thiazole rings is 1. The maximum atomic E-state index is 13.3. The van der Waals surface area contributed by atoms with Crippen molar-refractivity contribution in [1.29, 1.82) is 0 Å². The highest BCUT2D eigenvalue weighted by molar-refractivity contribution is 7.22. The van der Waals surface area contributed by atoms with Crippen molar-refractivity contribution in [1.82, 2.24) is 4.98 Å². The van der Waals surface area contributed by atoms with Gasteiger partial charge in [-0.25, -0.2) is 4.98 Å². The fourth-order valence-corrected chi connectivity index (χ4v) is 4.44. The van der Waals surface area contributed by atoms with E-state index in [2.05, 4.69) is 62.4 Å². The number of aromatic nitrogens is 1. The maximum Gasteiger partial charge on any atom is 0.233 e. The van der Waals surface area contributed by atoms with Crippen molar-refractivity contribution in [2.75, 3.05) is 4.90 Å². The zero-order valence-corrected chi connectivity index (χ0v) is 17.6. The van der Waals surface area contributed by atoms with Crippen LogP contribution < -0.4 is 4.90 Å². The van der Waals surface area contributed by atoms with E-state index in [1.54, 1.807) is 11.3 Å². The average Bonchev–Trinajstić information content (AvgIpc) is 3.18. The van der Waals surface area contributed by atoms with E-state index in [0.29, 0.717) is 13.0 Å². The maximum absolute atomic E-state index is 13.3. The number of rotatable bonds is 6. The molecule has 4 rings (SSSR count). The Morgan fingerprint density at radius 1 is 0.897 bits per heavy atom. The minimum atomic E-state index is 0.0646. The fraction of sp³-hybridized carbons (Fsp3) is 0.200. The number of para-hydroxylation sites is 1. The molecule has 0 aliphatic carbocycles. The highest BCUT2D eigenvalue weighted by atomic mass is 32.1. The third-order valence-corrected chi connectivity index (χ3v) is 6.16. The van der Waals surface area contributed by atoms with Crippen LogP contribution in [0.4, 0.5) is 5.13 Å². The molecule has 0 aliphatic rings. The first-order valence-corrected chi connectivity index (χ1v) is 10.7. The second-order valence-corrected chi connectivity index (χ2v) is 8.24. The largest absolute Gasteiger partial charge is 0.283 e. The molecular weight excluding hydrogens is 376 g/mol. The predicted molar refractivity (Wildman–Crippen MR) is 122 cm³/mol. The van der Waals surface area contributed by atoms with Crippen LogP contribution in [0.25, 0.3) is 10.2 Å². The van der Waals surface area contributed by atoms with Crippen LogP contribution >= 0.6 is 11.3 Å². The third-order valence-electron chi connectivity index (χ3n) is 5.11. The van der Waals surface area contributed by atoms with Crippen LogP contribution in [-0.2, 0) is 24.2 Å². The van der Waals surface area contributed by atoms with Crippen molar-refractivity contribution in [2.24, 2.45) is 0 Å². The summed E-state index contributed by atoms with van der Waals surface area (Å²) >= 11 is 1.58. The highest BCUT2D eigenvalue weighted by Gasteiger charge is 2.21. The average molecular weight is 401 g/mol. The van der Waals surface area contributed by atoms with Gasteiger partial charge in [0.1, 0.15) is 0 Å². The lowest BCUT2D eigenvalue weighted by molar-refractivity contribution is -0.118. The molecule has 29 heavy (non-hydrogen) atoms. The molecule has 0 spiro atoms. The minimum absolute atomic E-state index is 0.0646. The van der Waals surface area contributed by atoms with Crippen LogP contribution in [0.5, 0.6) is 0 Å². The van der Waals surface area contributed by atoms with Crippen molar-refractivity contribution >= 4 is 32.6 Å². The summed E-state index contributed by atoms with van der Waals surface area (Å²) in [6.45, 7) is 4.72. The Morgan fingerprint density at radius 2 is 1.62 bits per heavy atom. The summed E-state index contributed by atoms with van der Waals surface area (Å²) in [6.07, 6.45) is 1.37. The van der Waals surface area contributed by atoms with Gasteiger partial charge in [-0.1, -0.05) is 85.0 Å². The van der Waals surface area contributed by atoms with Gasteiger partial charge < -0.3 is 0 Å². The number of hydrogen-bond donors (Lipinski definition) is 0. The summed E-state index contributed by atoms with van der Waals surface area (Å²) in [5.74, 6) is 0.0646. The molecule has 0 saturated carbocycles. The standard InChI is InChI=1S/C25H24N2OS/c1-3-19-12-14-20(15-13-19)16-23(28)27(17-21-9-5-4-6-10-21)25-26-24-18(2)8-7-11-22(24)29-25/h4-15H,3,16-17H2,1-2H3. The van der Waals surface area contributed by atoms with Gasteiger partial charge in [-0.3, -0.25) is 9.69 Å². The van der Waals surface area contributed by atoms with E-state index in [1.165, 1.54) is 5.56 Å². The number of amides is 1. The number of hydrogen-bond acceptors (Lipinski definition) is 3. The van der Waals surface area contributed by atoms with Crippen LogP contribution in [0.2, 0.25) is 0 Å². The summed E-state index contributed by atoms with van der Waals surface area (Å²) in [6, 6.07) is 24.6. The second-order valence-electron chi connectivity index (χ2n) is 7.23. The smallest absolute Gasteiger partial charge is 0.233 e. The lowest BCUT2D eigenvalue weighted by Gasteiger charge is -2.20. The molecule has 0 radical (unpaired) electrons. The quantitative estimate of drug-likeness (QED) is 0.401. The van der Waals surface area contributed by atoms with Gasteiger partial charge in [-0.2, -0.15) is 0 Å². The molecule has 4 aromatic rings. The Balaban J connectivity index is 1.66. The van der Waals surface area contributed by atoms with E-state index in [9.17, 15) is 4.79 Å². The minimum Gasteiger partial charge on any atom is -0.283 e. The topological polar surface area (TPSA) is 33.2 Å². The van der Waals surface area contributed by atoms with Crippen LogP contribution in [0.3, 0.4) is 0 Å². The highest BCUT2D eigenvalue weighted by Crippen LogP contribution is 2.31. The number of aryl methyl sites for hydroxylation is 2. The van der Waals surface area contributed by atoms with Crippen molar-refractivity contribution in [3.8, 4) is 0 Å². The van der Waals surface area contributed by atoms with Crippen LogP contribution in [0.1, 0.15) is 29.2 Å². The molecule has 4 heteroatoms. The summed E-state index contributed by atoms with van der Waals surface area (Å²) in [5.41, 5.74) is 5.52. The zero-order valence-electron chi connectivity index (χ0n) is 16.8. The third kappa shape index (κ3) is 4.38. The summed E-state index contributed by atoms with van der Waals surface area (Å²) in [7, 11) is 0. The fourth-order valence-electron chi connectivity index (χ4n) is 3.38. The molecule has 0 aliphatic heterocycles. The van der Waals surface area contributed by atoms with Gasteiger partial charge in [0.25, 0.3) is 0 Å². The number of anilines is 1. The molecule has 3 aromatic carbocycles. The van der Waals surface area contributed by atoms with E-state index in [4.69, 9.17) is 4.98 Å². The Labute approximate surface area is 175 Å². The van der Waals surface area contributed by atoms with Gasteiger partial charge in [-0.15, -0.1) is 0 Å². The monoisotopic (exact) mass is 400 g/mol. The molecule has 0 atom stereocenters. The van der Waals surface area contributed by atoms with E-state index in [1.807, 2.05) is 29.2 Å². The van der Waals surface area contributed by atoms with Crippen molar-refractivity contribution in [3.63, 3.8) is 0 Å². The second kappa shape index (κ2) is 8.58. The molecule has 0 fully saturated rings. The zero-order chi connectivity index (χ0) is 20.2. The van der Waals surface area contributed by atoms with Crippen molar-refractivity contribution in [2.45, 2.75) is 33.2 Å². The molecule has 146 valence electrons.